The molecule has 0 radical (unpaired) electrons. The summed E-state index contributed by atoms with van der Waals surface area (Å²) in [5, 5.41) is 8.37. The molecule has 62 valence electrons. The Labute approximate surface area is 67.6 Å². The highest BCUT2D eigenvalue weighted by atomic mass is 16.4. The highest BCUT2D eigenvalue weighted by Crippen LogP contribution is 2.15. The SMILES string of the molecule is C#CC(C)C(C)CCC(=O)O. The van der Waals surface area contributed by atoms with Crippen LogP contribution in [0.4, 0.5) is 0 Å². The molecular weight excluding hydrogens is 140 g/mol. The van der Waals surface area contributed by atoms with Crippen molar-refractivity contribution in [3.8, 4) is 12.3 Å². The summed E-state index contributed by atoms with van der Waals surface area (Å²) >= 11 is 0. The molecule has 2 heteroatoms. The summed E-state index contributed by atoms with van der Waals surface area (Å²) in [5.74, 6) is 2.32. The summed E-state index contributed by atoms with van der Waals surface area (Å²) in [5.41, 5.74) is 0. The quantitative estimate of drug-likeness (QED) is 0.626. The number of carboxylic acid groups (broad SMARTS) is 1. The van der Waals surface area contributed by atoms with Gasteiger partial charge in [0.25, 0.3) is 0 Å². The maximum atomic E-state index is 10.2. The molecule has 0 fully saturated rings. The van der Waals surface area contributed by atoms with Crippen molar-refractivity contribution in [2.24, 2.45) is 11.8 Å². The minimum atomic E-state index is -0.749. The molecule has 0 heterocycles. The van der Waals surface area contributed by atoms with Crippen LogP contribution in [0, 0.1) is 24.2 Å². The molecule has 11 heavy (non-hydrogen) atoms. The van der Waals surface area contributed by atoms with Gasteiger partial charge >= 0.3 is 5.97 Å². The second-order valence-electron chi connectivity index (χ2n) is 2.87. The van der Waals surface area contributed by atoms with E-state index < -0.39 is 5.97 Å². The molecule has 0 aliphatic heterocycles. The molecule has 0 rings (SSSR count). The maximum absolute atomic E-state index is 10.2. The number of hydrogen-bond donors (Lipinski definition) is 1. The normalized spacial score (nSPS) is 15.0. The predicted molar refractivity (Wildman–Crippen MR) is 44.0 cm³/mol. The highest BCUT2D eigenvalue weighted by Gasteiger charge is 2.10. The van der Waals surface area contributed by atoms with E-state index in [-0.39, 0.29) is 12.3 Å². The van der Waals surface area contributed by atoms with Gasteiger partial charge in [-0.1, -0.05) is 13.8 Å². The van der Waals surface area contributed by atoms with Gasteiger partial charge in [0.05, 0.1) is 0 Å². The van der Waals surface area contributed by atoms with Gasteiger partial charge in [0.1, 0.15) is 0 Å². The minimum Gasteiger partial charge on any atom is -0.481 e. The predicted octanol–water partition coefficient (Wildman–Crippen LogP) is 1.76. The van der Waals surface area contributed by atoms with Crippen LogP contribution in [-0.2, 0) is 4.79 Å². The van der Waals surface area contributed by atoms with Gasteiger partial charge in [0.2, 0.25) is 0 Å². The molecular formula is C9H14O2. The summed E-state index contributed by atoms with van der Waals surface area (Å²) in [4.78, 5) is 10.2. The van der Waals surface area contributed by atoms with Gasteiger partial charge in [-0.25, -0.2) is 0 Å². The first-order valence-electron chi connectivity index (χ1n) is 3.75. The topological polar surface area (TPSA) is 37.3 Å². The first-order valence-corrected chi connectivity index (χ1v) is 3.75. The fourth-order valence-electron chi connectivity index (χ4n) is 0.765. The van der Waals surface area contributed by atoms with E-state index in [1.807, 2.05) is 13.8 Å². The number of carbonyl (C=O) groups is 1. The van der Waals surface area contributed by atoms with Crippen molar-refractivity contribution in [1.82, 2.24) is 0 Å². The zero-order valence-corrected chi connectivity index (χ0v) is 7.00. The average Bonchev–Trinajstić information content (AvgIpc) is 1.98. The lowest BCUT2D eigenvalue weighted by Crippen LogP contribution is -2.08. The Hall–Kier alpha value is -0.970. The summed E-state index contributed by atoms with van der Waals surface area (Å²) in [6, 6.07) is 0. The molecule has 0 aromatic heterocycles. The van der Waals surface area contributed by atoms with Crippen LogP contribution in [0.25, 0.3) is 0 Å². The maximum Gasteiger partial charge on any atom is 0.303 e. The van der Waals surface area contributed by atoms with Crippen molar-refractivity contribution in [3.05, 3.63) is 0 Å². The smallest absolute Gasteiger partial charge is 0.303 e. The minimum absolute atomic E-state index is 0.175. The van der Waals surface area contributed by atoms with E-state index in [2.05, 4.69) is 5.92 Å². The average molecular weight is 154 g/mol. The van der Waals surface area contributed by atoms with E-state index in [1.165, 1.54) is 0 Å². The first-order chi connectivity index (χ1) is 5.07. The van der Waals surface area contributed by atoms with E-state index in [4.69, 9.17) is 11.5 Å². The highest BCUT2D eigenvalue weighted by molar-refractivity contribution is 5.66. The van der Waals surface area contributed by atoms with E-state index in [1.54, 1.807) is 0 Å². The second kappa shape index (κ2) is 4.79. The summed E-state index contributed by atoms with van der Waals surface area (Å²) < 4.78 is 0. The van der Waals surface area contributed by atoms with Gasteiger partial charge in [-0.2, -0.15) is 0 Å². The van der Waals surface area contributed by atoms with Crippen LogP contribution in [0.15, 0.2) is 0 Å². The molecule has 1 N–H and O–H groups in total. The van der Waals surface area contributed by atoms with Crippen LogP contribution in [0.5, 0.6) is 0 Å². The van der Waals surface area contributed by atoms with Crippen LogP contribution in [-0.4, -0.2) is 11.1 Å². The molecule has 2 nitrogen and oxygen atoms in total. The van der Waals surface area contributed by atoms with E-state index in [0.29, 0.717) is 12.3 Å². The first kappa shape index (κ1) is 10.0. The Bertz CT molecular complexity index is 167. The lowest BCUT2D eigenvalue weighted by Gasteiger charge is -2.12. The van der Waals surface area contributed by atoms with Gasteiger partial charge < -0.3 is 5.11 Å². The van der Waals surface area contributed by atoms with Crippen molar-refractivity contribution in [3.63, 3.8) is 0 Å². The third-order valence-electron chi connectivity index (χ3n) is 1.93. The van der Waals surface area contributed by atoms with Gasteiger partial charge in [-0.05, 0) is 12.3 Å². The molecule has 0 aliphatic rings. The Morgan fingerprint density at radius 1 is 1.64 bits per heavy atom. The van der Waals surface area contributed by atoms with Crippen LogP contribution < -0.4 is 0 Å². The number of terminal acetylenes is 1. The zero-order chi connectivity index (χ0) is 8.85. The summed E-state index contributed by atoms with van der Waals surface area (Å²) in [7, 11) is 0. The van der Waals surface area contributed by atoms with E-state index in [9.17, 15) is 4.79 Å². The molecule has 0 bridgehead atoms. The molecule has 2 unspecified atom stereocenters. The molecule has 0 amide bonds. The fraction of sp³-hybridized carbons (Fsp3) is 0.667. The molecule has 0 saturated carbocycles. The standard InChI is InChI=1S/C9H14O2/c1-4-7(2)8(3)5-6-9(10)11/h1,7-8H,5-6H2,2-3H3,(H,10,11). The van der Waals surface area contributed by atoms with Gasteiger partial charge in [-0.3, -0.25) is 4.79 Å². The Kier molecular flexibility index (Phi) is 4.36. The lowest BCUT2D eigenvalue weighted by molar-refractivity contribution is -0.137. The van der Waals surface area contributed by atoms with Crippen molar-refractivity contribution in [1.29, 1.82) is 0 Å². The number of hydrogen-bond acceptors (Lipinski definition) is 1. The summed E-state index contributed by atoms with van der Waals surface area (Å²) in [6.07, 6.45) is 6.06. The summed E-state index contributed by atoms with van der Waals surface area (Å²) in [6.45, 7) is 3.92. The Morgan fingerprint density at radius 3 is 2.55 bits per heavy atom. The van der Waals surface area contributed by atoms with Gasteiger partial charge in [0, 0.05) is 12.3 Å². The van der Waals surface area contributed by atoms with Crippen LogP contribution in [0.1, 0.15) is 26.7 Å². The van der Waals surface area contributed by atoms with Crippen molar-refractivity contribution >= 4 is 5.97 Å². The van der Waals surface area contributed by atoms with E-state index in [0.717, 1.165) is 0 Å². The number of rotatable bonds is 4. The Morgan fingerprint density at radius 2 is 2.18 bits per heavy atom. The molecule has 0 saturated heterocycles. The third kappa shape index (κ3) is 4.44. The van der Waals surface area contributed by atoms with Crippen LogP contribution in [0.2, 0.25) is 0 Å². The second-order valence-corrected chi connectivity index (χ2v) is 2.87. The fourth-order valence-corrected chi connectivity index (χ4v) is 0.765. The zero-order valence-electron chi connectivity index (χ0n) is 7.00. The molecule has 0 spiro atoms. The monoisotopic (exact) mass is 154 g/mol. The van der Waals surface area contributed by atoms with Crippen molar-refractivity contribution < 1.29 is 9.90 Å². The number of aliphatic carboxylic acids is 1. The molecule has 2 atom stereocenters. The third-order valence-corrected chi connectivity index (χ3v) is 1.93. The number of carboxylic acids is 1. The molecule has 0 aromatic rings. The van der Waals surface area contributed by atoms with Crippen molar-refractivity contribution in [2.75, 3.05) is 0 Å². The largest absolute Gasteiger partial charge is 0.481 e. The van der Waals surface area contributed by atoms with Gasteiger partial charge in [0.15, 0.2) is 0 Å². The lowest BCUT2D eigenvalue weighted by atomic mass is 9.92. The van der Waals surface area contributed by atoms with Crippen LogP contribution >= 0.6 is 0 Å². The van der Waals surface area contributed by atoms with E-state index >= 15 is 0 Å². The van der Waals surface area contributed by atoms with Crippen molar-refractivity contribution in [2.45, 2.75) is 26.7 Å². The Balaban J connectivity index is 3.62. The molecule has 0 aliphatic carbocycles. The molecule has 0 aromatic carbocycles. The van der Waals surface area contributed by atoms with Crippen LogP contribution in [0.3, 0.4) is 0 Å². The van der Waals surface area contributed by atoms with Gasteiger partial charge in [-0.15, -0.1) is 12.3 Å².